The summed E-state index contributed by atoms with van der Waals surface area (Å²) in [7, 11) is 0. The molecule has 0 radical (unpaired) electrons. The fourth-order valence-electron chi connectivity index (χ4n) is 10.1. The van der Waals surface area contributed by atoms with Gasteiger partial charge in [0, 0.05) is 43.1 Å². The maximum atomic E-state index is 14.6. The summed E-state index contributed by atoms with van der Waals surface area (Å²) in [4.78, 5) is 57.1. The Balaban J connectivity index is 1.54. The molecule has 2 heterocycles. The molecule has 1 amide bonds. The van der Waals surface area contributed by atoms with E-state index in [-0.39, 0.29) is 60.5 Å². The molecule has 2 bridgehead atoms. The van der Waals surface area contributed by atoms with Gasteiger partial charge < -0.3 is 14.6 Å². The molecule has 0 aromatic heterocycles. The molecule has 0 spiro atoms. The zero-order valence-electron chi connectivity index (χ0n) is 28.9. The Labute approximate surface area is 254 Å². The number of ketones is 3. The zero-order chi connectivity index (χ0) is 32.8. The van der Waals surface area contributed by atoms with Crippen LogP contribution in [-0.4, -0.2) is 64.0 Å². The first-order valence-electron chi connectivity index (χ1n) is 17.0. The summed E-state index contributed by atoms with van der Waals surface area (Å²) in [5, 5.41) is 10.7. The Morgan fingerprint density at radius 1 is 1.05 bits per heavy atom. The van der Waals surface area contributed by atoms with Gasteiger partial charge in [0.15, 0.2) is 0 Å². The summed E-state index contributed by atoms with van der Waals surface area (Å²) in [6, 6.07) is 0. The van der Waals surface area contributed by atoms with Gasteiger partial charge in [-0.15, -0.1) is 0 Å². The first-order chi connectivity index (χ1) is 20.0. The first-order valence-corrected chi connectivity index (χ1v) is 16.0. The molecule has 2 saturated heterocycles. The Kier molecular flexibility index (Phi) is 7.16. The maximum absolute atomic E-state index is 14.6. The lowest BCUT2D eigenvalue weighted by molar-refractivity contribution is -0.197. The lowest BCUT2D eigenvalue weighted by Gasteiger charge is -2.65. The quantitative estimate of drug-likeness (QED) is 0.437. The van der Waals surface area contributed by atoms with Crippen molar-refractivity contribution < 1.29 is 36.5 Å². The maximum Gasteiger partial charge on any atom is 0.412 e. The topological polar surface area (TPSA) is 110 Å². The number of likely N-dealkylation sites (tertiary alicyclic amines) is 1. The molecule has 0 unspecified atom stereocenters. The van der Waals surface area contributed by atoms with Crippen molar-refractivity contribution in [3.05, 3.63) is 0 Å². The fraction of sp³-hybridized carbons (Fsp3) is 0.882. The third-order valence-corrected chi connectivity index (χ3v) is 12.1. The van der Waals surface area contributed by atoms with E-state index in [9.17, 15) is 24.3 Å². The van der Waals surface area contributed by atoms with Crippen molar-refractivity contribution >= 4 is 23.4 Å². The van der Waals surface area contributed by atoms with Crippen LogP contribution in [-0.2, 0) is 23.9 Å². The minimum Gasteiger partial charge on any atom is -0.444 e. The summed E-state index contributed by atoms with van der Waals surface area (Å²) in [6.07, 6.45) is 2.36. The highest BCUT2D eigenvalue weighted by molar-refractivity contribution is 5.96. The van der Waals surface area contributed by atoms with E-state index in [1.165, 1.54) is 0 Å². The molecule has 3 saturated carbocycles. The van der Waals surface area contributed by atoms with Gasteiger partial charge in [-0.25, -0.2) is 4.79 Å². The van der Waals surface area contributed by atoms with Gasteiger partial charge >= 0.3 is 6.09 Å². The largest absolute Gasteiger partial charge is 0.444 e. The molecule has 5 fully saturated rings. The van der Waals surface area contributed by atoms with E-state index in [0.29, 0.717) is 25.8 Å². The summed E-state index contributed by atoms with van der Waals surface area (Å²) in [5.74, 6) is -0.963. The molecule has 5 aliphatic rings. The van der Waals surface area contributed by atoms with Gasteiger partial charge in [-0.3, -0.25) is 19.3 Å². The van der Waals surface area contributed by atoms with Crippen LogP contribution in [0.4, 0.5) is 4.79 Å². The predicted octanol–water partition coefficient (Wildman–Crippen LogP) is 5.72. The van der Waals surface area contributed by atoms with Gasteiger partial charge in [-0.1, -0.05) is 34.6 Å². The molecule has 8 heteroatoms. The number of hydrogen-bond donors (Lipinski definition) is 1. The van der Waals surface area contributed by atoms with Crippen LogP contribution in [0.3, 0.4) is 0 Å². The van der Waals surface area contributed by atoms with Gasteiger partial charge in [0.05, 0.1) is 15.4 Å². The van der Waals surface area contributed by atoms with Crippen LogP contribution in [0.2, 0.25) is 0 Å². The van der Waals surface area contributed by atoms with Crippen molar-refractivity contribution in [2.45, 2.75) is 131 Å². The van der Waals surface area contributed by atoms with E-state index in [0.717, 1.165) is 12.8 Å². The fourth-order valence-corrected chi connectivity index (χ4v) is 10.1. The van der Waals surface area contributed by atoms with E-state index in [1.807, 2.05) is 41.5 Å². The Hall–Kier alpha value is -1.80. The SMILES string of the molecule is [2H]C([2H])(O)C[C@@]1(C)[C@H]2C(=O)C[C@@H]3C(=O)C[C@H](C)C[C@H]3[C@]2(C)CC(=O)[C@@]1(C)CC[C@]12C[C@@H](C)C[C@H](CN1C(=O)OC(C)(C)C)O2. The van der Waals surface area contributed by atoms with Crippen molar-refractivity contribution in [1.82, 2.24) is 4.90 Å². The summed E-state index contributed by atoms with van der Waals surface area (Å²) < 4.78 is 28.9. The van der Waals surface area contributed by atoms with E-state index >= 15 is 0 Å². The second-order valence-electron chi connectivity index (χ2n) is 16.3. The number of carbonyl (C=O) groups is 4. The van der Waals surface area contributed by atoms with Crippen molar-refractivity contribution in [3.8, 4) is 0 Å². The van der Waals surface area contributed by atoms with Gasteiger partial charge in [-0.2, -0.15) is 0 Å². The van der Waals surface area contributed by atoms with Crippen molar-refractivity contribution in [2.24, 2.45) is 45.8 Å². The van der Waals surface area contributed by atoms with E-state index in [4.69, 9.17) is 12.2 Å². The summed E-state index contributed by atoms with van der Waals surface area (Å²) in [6.45, 7) is 13.0. The normalized spacial score (nSPS) is 46.5. The third kappa shape index (κ3) is 4.87. The van der Waals surface area contributed by atoms with Crippen molar-refractivity contribution in [2.75, 3.05) is 13.1 Å². The van der Waals surface area contributed by atoms with E-state index in [2.05, 4.69) is 6.92 Å². The molecule has 0 aromatic carbocycles. The number of carbonyl (C=O) groups excluding carboxylic acids is 4. The second-order valence-corrected chi connectivity index (χ2v) is 16.3. The van der Waals surface area contributed by atoms with Crippen LogP contribution in [0.25, 0.3) is 0 Å². The molecule has 0 aromatic rings. The van der Waals surface area contributed by atoms with Crippen LogP contribution in [0.5, 0.6) is 0 Å². The number of aliphatic hydroxyl groups is 1. The number of Topliss-reactive ketones (excluding diaryl/α,β-unsaturated/α-hetero) is 3. The van der Waals surface area contributed by atoms with Crippen molar-refractivity contribution in [3.63, 3.8) is 0 Å². The lowest BCUT2D eigenvalue weighted by atomic mass is 9.37. The van der Waals surface area contributed by atoms with Gasteiger partial charge in [0.1, 0.15) is 28.7 Å². The van der Waals surface area contributed by atoms with Gasteiger partial charge in [0.25, 0.3) is 0 Å². The average Bonchev–Trinajstić information content (AvgIpc) is 3.11. The number of nitrogens with zero attached hydrogens (tertiary/aromatic N) is 1. The molecular weight excluding hydrogens is 534 g/mol. The Bertz CT molecular complexity index is 1230. The molecule has 1 N–H and O–H groups in total. The standard InChI is InChI=1S/C34H53NO7/c1-20-14-24-23(25(37)15-20)16-26(38)28-31(24,6)18-27(39)32(7,33(28,8)11-12-36)9-10-34-17-21(2)13-22(41-34)19-35(34)29(40)42-30(3,4)5/h20-24,28,36H,9-19H2,1-8H3/t20-,21+,22-,23+,24-,28+,31+,32-,33+,34+/m1/s1/i12D2. The summed E-state index contributed by atoms with van der Waals surface area (Å²) >= 11 is 0. The zero-order valence-corrected chi connectivity index (χ0v) is 26.9. The molecule has 236 valence electrons. The molecule has 5 rings (SSSR count). The highest BCUT2D eigenvalue weighted by Crippen LogP contribution is 2.68. The van der Waals surface area contributed by atoms with Gasteiger partial charge in [0.2, 0.25) is 0 Å². The summed E-state index contributed by atoms with van der Waals surface area (Å²) in [5.41, 5.74) is -4.95. The minimum atomic E-state index is -2.63. The van der Waals surface area contributed by atoms with Crippen LogP contribution < -0.4 is 0 Å². The minimum absolute atomic E-state index is 0.0826. The number of fused-ring (bicyclic) bond motifs is 5. The second kappa shape index (κ2) is 10.4. The average molecular weight is 590 g/mol. The van der Waals surface area contributed by atoms with Crippen LogP contribution >= 0.6 is 0 Å². The smallest absolute Gasteiger partial charge is 0.412 e. The van der Waals surface area contributed by atoms with E-state index in [1.54, 1.807) is 11.8 Å². The number of rotatable bonds is 5. The molecular formula is C34H53NO7. The molecule has 8 nitrogen and oxygen atoms in total. The van der Waals surface area contributed by atoms with Crippen LogP contribution in [0.15, 0.2) is 0 Å². The number of hydrogen-bond acceptors (Lipinski definition) is 7. The molecule has 2 aliphatic heterocycles. The Morgan fingerprint density at radius 3 is 2.38 bits per heavy atom. The van der Waals surface area contributed by atoms with Crippen LogP contribution in [0, 0.1) is 45.8 Å². The van der Waals surface area contributed by atoms with Crippen LogP contribution in [0.1, 0.15) is 116 Å². The number of amides is 1. The first kappa shape index (κ1) is 28.9. The number of ether oxygens (including phenoxy) is 2. The highest BCUT2D eigenvalue weighted by Gasteiger charge is 2.70. The molecule has 3 aliphatic carbocycles. The molecule has 42 heavy (non-hydrogen) atoms. The van der Waals surface area contributed by atoms with Gasteiger partial charge in [-0.05, 0) is 87.9 Å². The Morgan fingerprint density at radius 2 is 1.74 bits per heavy atom. The van der Waals surface area contributed by atoms with Crippen molar-refractivity contribution in [1.29, 1.82) is 0 Å². The monoisotopic (exact) mass is 589 g/mol. The highest BCUT2D eigenvalue weighted by atomic mass is 16.6. The predicted molar refractivity (Wildman–Crippen MR) is 157 cm³/mol. The molecule has 10 atom stereocenters. The third-order valence-electron chi connectivity index (χ3n) is 12.1. The lowest BCUT2D eigenvalue weighted by Crippen LogP contribution is -2.67. The van der Waals surface area contributed by atoms with E-state index < -0.39 is 58.5 Å².